The number of aliphatic hydroxyl groups excluding tert-OH is 1. The first-order chi connectivity index (χ1) is 17.7. The van der Waals surface area contributed by atoms with Gasteiger partial charge < -0.3 is 30.4 Å². The van der Waals surface area contributed by atoms with Gasteiger partial charge in [0.05, 0.1) is 18.7 Å². The zero-order chi connectivity index (χ0) is 27.1. The fourth-order valence-electron chi connectivity index (χ4n) is 4.83. The number of Topliss-reactive ketones (excluding diaryl/α,β-unsaturated/α-hetero) is 1. The number of hydrogen-bond acceptors (Lipinski definition) is 6. The van der Waals surface area contributed by atoms with Gasteiger partial charge in [0.2, 0.25) is 11.8 Å². The lowest BCUT2D eigenvalue weighted by Crippen LogP contribution is -2.53. The van der Waals surface area contributed by atoms with Gasteiger partial charge in [-0.05, 0) is 49.8 Å². The molecule has 0 saturated carbocycles. The van der Waals surface area contributed by atoms with E-state index in [1.165, 1.54) is 0 Å². The molecule has 0 spiro atoms. The molecule has 37 heavy (non-hydrogen) atoms. The lowest BCUT2D eigenvalue weighted by atomic mass is 9.95. The Morgan fingerprint density at radius 1 is 1.22 bits per heavy atom. The molecule has 1 saturated heterocycles. The van der Waals surface area contributed by atoms with Crippen molar-refractivity contribution in [3.63, 3.8) is 0 Å². The first kappa shape index (κ1) is 28.2. The summed E-state index contributed by atoms with van der Waals surface area (Å²) in [4.78, 5) is 51.3. The molecule has 1 aliphatic rings. The van der Waals surface area contributed by atoms with Gasteiger partial charge in [-0.1, -0.05) is 26.8 Å². The minimum atomic E-state index is -1.02. The number of methoxy groups -OCH3 is 1. The number of nitrogens with zero attached hydrogens (tertiary/aromatic N) is 1. The van der Waals surface area contributed by atoms with Crippen LogP contribution in [0.1, 0.15) is 56.9 Å². The third kappa shape index (κ3) is 6.68. The Morgan fingerprint density at radius 3 is 2.57 bits per heavy atom. The molecule has 4 N–H and O–H groups in total. The van der Waals surface area contributed by atoms with Crippen molar-refractivity contribution >= 4 is 34.4 Å². The summed E-state index contributed by atoms with van der Waals surface area (Å²) in [6.45, 7) is 6.26. The third-order valence-corrected chi connectivity index (χ3v) is 6.68. The van der Waals surface area contributed by atoms with Gasteiger partial charge in [-0.25, -0.2) is 0 Å². The van der Waals surface area contributed by atoms with Gasteiger partial charge in [-0.15, -0.1) is 0 Å². The van der Waals surface area contributed by atoms with Crippen LogP contribution in [0.25, 0.3) is 10.9 Å². The molecule has 3 amide bonds. The minimum Gasteiger partial charge on any atom is -0.496 e. The standard InChI is InChI=1S/C27H38N4O6/c1-5-11-31-21-7-6-8-24(37-4)18(21)14-22(31)27(36)30-20(12-16(2)3)26(35)29-19(23(33)15-32)13-17-9-10-28-25(17)34/h6-8,14,16-17,19-20,32H,5,9-13,15H2,1-4H3,(H,28,34)(H,29,35)(H,30,36). The highest BCUT2D eigenvalue weighted by Gasteiger charge is 2.33. The second kappa shape index (κ2) is 12.7. The van der Waals surface area contributed by atoms with E-state index in [0.29, 0.717) is 37.4 Å². The molecule has 3 unspecified atom stereocenters. The van der Waals surface area contributed by atoms with Crippen molar-refractivity contribution < 1.29 is 29.0 Å². The lowest BCUT2D eigenvalue weighted by molar-refractivity contribution is -0.131. The van der Waals surface area contributed by atoms with Gasteiger partial charge in [-0.2, -0.15) is 0 Å². The number of fused-ring (bicyclic) bond motifs is 1. The van der Waals surface area contributed by atoms with Crippen molar-refractivity contribution in [3.05, 3.63) is 30.0 Å². The average molecular weight is 515 g/mol. The highest BCUT2D eigenvalue weighted by molar-refractivity contribution is 6.02. The average Bonchev–Trinajstić information content (AvgIpc) is 3.45. The largest absolute Gasteiger partial charge is 0.496 e. The monoisotopic (exact) mass is 514 g/mol. The maximum Gasteiger partial charge on any atom is 0.268 e. The zero-order valence-electron chi connectivity index (χ0n) is 22.0. The smallest absolute Gasteiger partial charge is 0.268 e. The fourth-order valence-corrected chi connectivity index (χ4v) is 4.83. The van der Waals surface area contributed by atoms with Gasteiger partial charge in [-0.3, -0.25) is 19.2 Å². The first-order valence-corrected chi connectivity index (χ1v) is 12.9. The summed E-state index contributed by atoms with van der Waals surface area (Å²) in [5.74, 6) is -1.37. The maximum absolute atomic E-state index is 13.5. The molecule has 0 radical (unpaired) electrons. The number of ketones is 1. The van der Waals surface area contributed by atoms with Crippen LogP contribution in [0.3, 0.4) is 0 Å². The molecule has 1 aromatic heterocycles. The summed E-state index contributed by atoms with van der Waals surface area (Å²) in [5, 5.41) is 18.5. The summed E-state index contributed by atoms with van der Waals surface area (Å²) in [5.41, 5.74) is 1.27. The van der Waals surface area contributed by atoms with Gasteiger partial charge in [0.25, 0.3) is 5.91 Å². The van der Waals surface area contributed by atoms with Crippen LogP contribution < -0.4 is 20.7 Å². The summed E-state index contributed by atoms with van der Waals surface area (Å²) >= 11 is 0. The molecule has 0 bridgehead atoms. The maximum atomic E-state index is 13.5. The van der Waals surface area contributed by atoms with E-state index < -0.39 is 42.2 Å². The summed E-state index contributed by atoms with van der Waals surface area (Å²) < 4.78 is 7.39. The number of aliphatic hydroxyl groups is 1. The predicted molar refractivity (Wildman–Crippen MR) is 139 cm³/mol. The molecule has 2 heterocycles. The Morgan fingerprint density at radius 2 is 1.97 bits per heavy atom. The number of carbonyl (C=O) groups is 4. The van der Waals surface area contributed by atoms with Crippen molar-refractivity contribution in [2.24, 2.45) is 11.8 Å². The van der Waals surface area contributed by atoms with Crippen LogP contribution in [-0.2, 0) is 20.9 Å². The van der Waals surface area contributed by atoms with Gasteiger partial charge in [0.15, 0.2) is 5.78 Å². The Hall–Kier alpha value is -3.40. The van der Waals surface area contributed by atoms with Crippen LogP contribution >= 0.6 is 0 Å². The predicted octanol–water partition coefficient (Wildman–Crippen LogP) is 1.78. The Bertz CT molecular complexity index is 1140. The lowest BCUT2D eigenvalue weighted by Gasteiger charge is -2.25. The number of amides is 3. The topological polar surface area (TPSA) is 139 Å². The molecule has 1 aliphatic heterocycles. The number of aryl methyl sites for hydroxylation is 1. The van der Waals surface area contributed by atoms with Crippen LogP contribution in [0.5, 0.6) is 5.75 Å². The second-order valence-electron chi connectivity index (χ2n) is 9.93. The quantitative estimate of drug-likeness (QED) is 0.321. The van der Waals surface area contributed by atoms with Gasteiger partial charge in [0, 0.05) is 24.4 Å². The van der Waals surface area contributed by atoms with E-state index in [1.54, 1.807) is 13.2 Å². The molecule has 1 aromatic carbocycles. The molecule has 202 valence electrons. The summed E-state index contributed by atoms with van der Waals surface area (Å²) in [7, 11) is 1.58. The van der Waals surface area contributed by atoms with Crippen LogP contribution in [0, 0.1) is 11.8 Å². The van der Waals surface area contributed by atoms with Crippen molar-refractivity contribution in [1.82, 2.24) is 20.5 Å². The van der Waals surface area contributed by atoms with Crippen molar-refractivity contribution in [2.75, 3.05) is 20.3 Å². The van der Waals surface area contributed by atoms with E-state index >= 15 is 0 Å². The SMILES string of the molecule is CCCn1c(C(=O)NC(CC(C)C)C(=O)NC(CC2CCNC2=O)C(=O)CO)cc2c(OC)cccc21. The second-order valence-corrected chi connectivity index (χ2v) is 9.93. The Kier molecular flexibility index (Phi) is 9.68. The Labute approximate surface area is 217 Å². The van der Waals surface area contributed by atoms with Crippen molar-refractivity contribution in [2.45, 2.75) is 65.1 Å². The van der Waals surface area contributed by atoms with E-state index in [0.717, 1.165) is 17.3 Å². The Balaban J connectivity index is 1.85. The molecule has 3 rings (SSSR count). The minimum absolute atomic E-state index is 0.0743. The van der Waals surface area contributed by atoms with E-state index in [4.69, 9.17) is 4.74 Å². The number of ether oxygens (including phenoxy) is 1. The number of nitrogens with one attached hydrogen (secondary N) is 3. The molecule has 1 fully saturated rings. The van der Waals surface area contributed by atoms with Crippen molar-refractivity contribution in [3.8, 4) is 5.75 Å². The normalized spacial score (nSPS) is 16.9. The molecule has 0 aliphatic carbocycles. The van der Waals surface area contributed by atoms with Gasteiger partial charge >= 0.3 is 0 Å². The number of aromatic nitrogens is 1. The third-order valence-electron chi connectivity index (χ3n) is 6.68. The molecule has 2 aromatic rings. The molecule has 3 atom stereocenters. The molecule has 10 nitrogen and oxygen atoms in total. The number of carbonyl (C=O) groups excluding carboxylic acids is 4. The van der Waals surface area contributed by atoms with Crippen LogP contribution in [0.4, 0.5) is 0 Å². The first-order valence-electron chi connectivity index (χ1n) is 12.9. The van der Waals surface area contributed by atoms with Crippen LogP contribution in [0.2, 0.25) is 0 Å². The van der Waals surface area contributed by atoms with Crippen LogP contribution in [0.15, 0.2) is 24.3 Å². The van der Waals surface area contributed by atoms with E-state index in [1.807, 2.05) is 43.5 Å². The highest BCUT2D eigenvalue weighted by atomic mass is 16.5. The van der Waals surface area contributed by atoms with Gasteiger partial charge in [0.1, 0.15) is 24.1 Å². The zero-order valence-corrected chi connectivity index (χ0v) is 22.0. The van der Waals surface area contributed by atoms with E-state index in [9.17, 15) is 24.3 Å². The summed E-state index contributed by atoms with van der Waals surface area (Å²) in [6.07, 6.45) is 1.81. The highest BCUT2D eigenvalue weighted by Crippen LogP contribution is 2.29. The summed E-state index contributed by atoms with van der Waals surface area (Å²) in [6, 6.07) is 5.46. The van der Waals surface area contributed by atoms with Crippen molar-refractivity contribution in [1.29, 1.82) is 0 Å². The number of hydrogen-bond donors (Lipinski definition) is 4. The van der Waals surface area contributed by atoms with E-state index in [2.05, 4.69) is 16.0 Å². The molecular weight excluding hydrogens is 476 g/mol. The van der Waals surface area contributed by atoms with E-state index in [-0.39, 0.29) is 18.2 Å². The number of benzene rings is 1. The molecule has 10 heteroatoms. The molecular formula is C27H38N4O6. The number of rotatable bonds is 13. The fraction of sp³-hybridized carbons (Fsp3) is 0.556. The van der Waals surface area contributed by atoms with Crippen LogP contribution in [-0.4, -0.2) is 65.5 Å².